The van der Waals surface area contributed by atoms with Gasteiger partial charge in [0.2, 0.25) is 0 Å². The van der Waals surface area contributed by atoms with Crippen LogP contribution >= 0.6 is 0 Å². The first kappa shape index (κ1) is 18.5. The van der Waals surface area contributed by atoms with Gasteiger partial charge in [0.15, 0.2) is 11.6 Å². The Kier molecular flexibility index (Phi) is 6.62. The molecular weight excluding hydrogens is 326 g/mol. The van der Waals surface area contributed by atoms with Crippen molar-refractivity contribution in [1.29, 1.82) is 0 Å². The molecule has 0 bridgehead atoms. The Hall–Kier alpha value is -1.24. The fourth-order valence-electron chi connectivity index (χ4n) is 3.77. The van der Waals surface area contributed by atoms with Crippen LogP contribution in [0.2, 0.25) is 0 Å². The van der Waals surface area contributed by atoms with E-state index in [9.17, 15) is 8.78 Å². The summed E-state index contributed by atoms with van der Waals surface area (Å²) in [5, 5.41) is 3.51. The molecule has 0 radical (unpaired) electrons. The zero-order chi connectivity index (χ0) is 17.6. The van der Waals surface area contributed by atoms with Gasteiger partial charge in [0, 0.05) is 38.3 Å². The largest absolute Gasteiger partial charge is 0.489 e. The Morgan fingerprint density at radius 1 is 1.32 bits per heavy atom. The number of hydrogen-bond acceptors (Lipinski definition) is 4. The summed E-state index contributed by atoms with van der Waals surface area (Å²) in [4.78, 5) is 2.50. The van der Waals surface area contributed by atoms with E-state index in [1.807, 2.05) is 0 Å². The number of benzene rings is 1. The van der Waals surface area contributed by atoms with Crippen molar-refractivity contribution in [3.63, 3.8) is 0 Å². The van der Waals surface area contributed by atoms with Crippen LogP contribution in [0.15, 0.2) is 18.2 Å². The van der Waals surface area contributed by atoms with Crippen molar-refractivity contribution < 1.29 is 18.3 Å². The monoisotopic (exact) mass is 354 g/mol. The molecule has 1 N–H and O–H groups in total. The summed E-state index contributed by atoms with van der Waals surface area (Å²) in [7, 11) is 0. The van der Waals surface area contributed by atoms with Crippen molar-refractivity contribution in [3.8, 4) is 5.75 Å². The Labute approximate surface area is 148 Å². The highest BCUT2D eigenvalue weighted by molar-refractivity contribution is 5.24. The summed E-state index contributed by atoms with van der Waals surface area (Å²) in [5.41, 5.74) is 0. The van der Waals surface area contributed by atoms with Gasteiger partial charge in [-0.3, -0.25) is 0 Å². The van der Waals surface area contributed by atoms with Crippen molar-refractivity contribution in [3.05, 3.63) is 29.8 Å². The maximum absolute atomic E-state index is 13.5. The normalized spacial score (nSPS) is 27.6. The zero-order valence-corrected chi connectivity index (χ0v) is 14.8. The third-order valence-electron chi connectivity index (χ3n) is 5.14. The highest BCUT2D eigenvalue weighted by Gasteiger charge is 2.28. The summed E-state index contributed by atoms with van der Waals surface area (Å²) >= 11 is 0. The third-order valence-corrected chi connectivity index (χ3v) is 5.14. The average molecular weight is 354 g/mol. The smallest absolute Gasteiger partial charge is 0.167 e. The molecule has 0 amide bonds. The van der Waals surface area contributed by atoms with Crippen LogP contribution in [-0.2, 0) is 4.74 Å². The molecule has 2 fully saturated rings. The summed E-state index contributed by atoms with van der Waals surface area (Å²) in [6.45, 7) is 7.39. The zero-order valence-electron chi connectivity index (χ0n) is 14.8. The van der Waals surface area contributed by atoms with Crippen molar-refractivity contribution in [1.82, 2.24) is 10.2 Å². The van der Waals surface area contributed by atoms with E-state index in [0.29, 0.717) is 31.2 Å². The Morgan fingerprint density at radius 2 is 2.20 bits per heavy atom. The van der Waals surface area contributed by atoms with Crippen molar-refractivity contribution >= 4 is 0 Å². The molecule has 2 heterocycles. The summed E-state index contributed by atoms with van der Waals surface area (Å²) in [5.74, 6) is -0.595. The Morgan fingerprint density at radius 3 is 2.92 bits per heavy atom. The molecule has 0 aromatic heterocycles. The van der Waals surface area contributed by atoms with Crippen molar-refractivity contribution in [2.45, 2.75) is 38.3 Å². The van der Waals surface area contributed by atoms with E-state index in [-0.39, 0.29) is 5.75 Å². The molecule has 1 aromatic carbocycles. The molecule has 3 rings (SSSR count). The van der Waals surface area contributed by atoms with E-state index < -0.39 is 11.6 Å². The van der Waals surface area contributed by atoms with E-state index in [0.717, 1.165) is 38.7 Å². The summed E-state index contributed by atoms with van der Waals surface area (Å²) in [6, 6.07) is 3.82. The fraction of sp³-hybridized carbons (Fsp3) is 0.684. The lowest BCUT2D eigenvalue weighted by Gasteiger charge is -2.38. The second kappa shape index (κ2) is 8.92. The number of nitrogens with zero attached hydrogens (tertiary/aromatic N) is 1. The van der Waals surface area contributed by atoms with Gasteiger partial charge >= 0.3 is 0 Å². The second-order valence-electron chi connectivity index (χ2n) is 7.14. The van der Waals surface area contributed by atoms with Gasteiger partial charge in [-0.25, -0.2) is 8.78 Å². The molecule has 2 aliphatic heterocycles. The molecule has 0 unspecified atom stereocenters. The molecule has 2 saturated heterocycles. The predicted molar refractivity (Wildman–Crippen MR) is 92.8 cm³/mol. The van der Waals surface area contributed by atoms with Gasteiger partial charge < -0.3 is 19.7 Å². The Bertz CT molecular complexity index is 552. The van der Waals surface area contributed by atoms with Gasteiger partial charge in [-0.15, -0.1) is 0 Å². The lowest BCUT2D eigenvalue weighted by molar-refractivity contribution is 0.0510. The number of rotatable bonds is 7. The Balaban J connectivity index is 1.34. The minimum absolute atomic E-state index is 0.0997. The minimum Gasteiger partial charge on any atom is -0.489 e. The van der Waals surface area contributed by atoms with E-state index in [1.54, 1.807) is 0 Å². The highest BCUT2D eigenvalue weighted by atomic mass is 19.1. The molecule has 0 spiro atoms. The maximum atomic E-state index is 13.5. The minimum atomic E-state index is -0.657. The first-order valence-corrected chi connectivity index (χ1v) is 9.27. The first-order chi connectivity index (χ1) is 12.1. The first-order valence-electron chi connectivity index (χ1n) is 9.27. The summed E-state index contributed by atoms with van der Waals surface area (Å²) in [6.07, 6.45) is 3.88. The second-order valence-corrected chi connectivity index (χ2v) is 7.14. The number of piperidine rings is 1. The standard InChI is InChI=1S/C19H28F2N2O2/c1-14-12-23(13-16-3-2-9-24-16)8-6-18(14)22-7-10-25-19-5-4-15(20)11-17(19)21/h4-5,11,14,16,18,22H,2-3,6-10,12-13H2,1H3/t14-,16+,18-/m1/s1. The van der Waals surface area contributed by atoms with Crippen LogP contribution in [0.25, 0.3) is 0 Å². The topological polar surface area (TPSA) is 33.7 Å². The van der Waals surface area contributed by atoms with Crippen LogP contribution in [0.1, 0.15) is 26.2 Å². The fourth-order valence-corrected chi connectivity index (χ4v) is 3.77. The molecule has 0 aliphatic carbocycles. The van der Waals surface area contributed by atoms with Gasteiger partial charge in [0.1, 0.15) is 12.4 Å². The molecule has 4 nitrogen and oxygen atoms in total. The van der Waals surface area contributed by atoms with Crippen molar-refractivity contribution in [2.75, 3.05) is 39.4 Å². The number of hydrogen-bond donors (Lipinski definition) is 1. The van der Waals surface area contributed by atoms with Crippen LogP contribution in [0.5, 0.6) is 5.75 Å². The quantitative estimate of drug-likeness (QED) is 0.764. The molecule has 1 aromatic rings. The van der Waals surface area contributed by atoms with Crippen LogP contribution in [0, 0.1) is 17.6 Å². The van der Waals surface area contributed by atoms with E-state index in [2.05, 4.69) is 17.1 Å². The van der Waals surface area contributed by atoms with Gasteiger partial charge in [-0.05, 0) is 43.9 Å². The molecule has 2 aliphatic rings. The van der Waals surface area contributed by atoms with Gasteiger partial charge in [-0.1, -0.05) is 6.92 Å². The third kappa shape index (κ3) is 5.36. The molecule has 0 saturated carbocycles. The van der Waals surface area contributed by atoms with Crippen LogP contribution < -0.4 is 10.1 Å². The number of nitrogens with one attached hydrogen (secondary N) is 1. The molecule has 3 atom stereocenters. The average Bonchev–Trinajstić information content (AvgIpc) is 3.08. The van der Waals surface area contributed by atoms with Gasteiger partial charge in [0.05, 0.1) is 6.10 Å². The summed E-state index contributed by atoms with van der Waals surface area (Å²) < 4.78 is 37.5. The highest BCUT2D eigenvalue weighted by Crippen LogP contribution is 2.20. The SMILES string of the molecule is C[C@@H]1CN(C[C@@H]2CCCO2)CC[C@H]1NCCOc1ccc(F)cc1F. The van der Waals surface area contributed by atoms with Crippen molar-refractivity contribution in [2.24, 2.45) is 5.92 Å². The van der Waals surface area contributed by atoms with Crippen LogP contribution in [0.4, 0.5) is 8.78 Å². The maximum Gasteiger partial charge on any atom is 0.167 e. The molecule has 6 heteroatoms. The van der Waals surface area contributed by atoms with E-state index >= 15 is 0 Å². The molecule has 25 heavy (non-hydrogen) atoms. The number of halogens is 2. The lowest BCUT2D eigenvalue weighted by Crippen LogP contribution is -2.50. The van der Waals surface area contributed by atoms with E-state index in [1.165, 1.54) is 25.0 Å². The van der Waals surface area contributed by atoms with Gasteiger partial charge in [-0.2, -0.15) is 0 Å². The van der Waals surface area contributed by atoms with E-state index in [4.69, 9.17) is 9.47 Å². The van der Waals surface area contributed by atoms with Crippen LogP contribution in [-0.4, -0.2) is 56.4 Å². The lowest BCUT2D eigenvalue weighted by atomic mass is 9.93. The van der Waals surface area contributed by atoms with Crippen LogP contribution in [0.3, 0.4) is 0 Å². The number of likely N-dealkylation sites (tertiary alicyclic amines) is 1. The predicted octanol–water partition coefficient (Wildman–Crippen LogP) is 2.82. The molecule has 140 valence electrons. The number of ether oxygens (including phenoxy) is 2. The van der Waals surface area contributed by atoms with Gasteiger partial charge in [0.25, 0.3) is 0 Å². The molecular formula is C19H28F2N2O2.